The molecule has 214 valence electrons. The van der Waals surface area contributed by atoms with Crippen molar-refractivity contribution >= 4 is 56.6 Å². The molecule has 0 aliphatic rings. The molecule has 0 aliphatic heterocycles. The molecule has 0 heterocycles. The van der Waals surface area contributed by atoms with Crippen LogP contribution in [0, 0.1) is 0 Å². The van der Waals surface area contributed by atoms with Crippen molar-refractivity contribution < 1.29 is 18.0 Å². The molecule has 0 unspecified atom stereocenters. The Labute approximate surface area is 251 Å². The quantitative estimate of drug-likeness (QED) is 0.275. The predicted octanol–water partition coefficient (Wildman–Crippen LogP) is 5.82. The Hall–Kier alpha value is -2.62. The highest BCUT2D eigenvalue weighted by molar-refractivity contribution is 7.89. The summed E-state index contributed by atoms with van der Waals surface area (Å²) >= 11 is 18.3. The number of nitrogens with one attached hydrogen (secondary N) is 1. The summed E-state index contributed by atoms with van der Waals surface area (Å²) in [7, 11) is -2.69. The zero-order valence-electron chi connectivity index (χ0n) is 22.5. The first-order valence-electron chi connectivity index (χ1n) is 12.7. The van der Waals surface area contributed by atoms with E-state index in [0.717, 1.165) is 9.87 Å². The van der Waals surface area contributed by atoms with Gasteiger partial charge in [0.1, 0.15) is 6.04 Å². The summed E-state index contributed by atoms with van der Waals surface area (Å²) in [4.78, 5) is 28.9. The Kier molecular flexibility index (Phi) is 11.4. The molecule has 1 N–H and O–H groups in total. The SMILES string of the molecule is CC[C@@H](C)NC(=O)[C@@H](Cc1ccccc1)N(Cc1ccc(Cl)c(Cl)c1)C(=O)CN(C)S(=O)(=O)c1ccc(Cl)cc1. The van der Waals surface area contributed by atoms with Gasteiger partial charge in [-0.15, -0.1) is 0 Å². The number of carbonyl (C=O) groups excluding carboxylic acids is 2. The summed E-state index contributed by atoms with van der Waals surface area (Å²) in [5.74, 6) is -0.888. The van der Waals surface area contributed by atoms with Gasteiger partial charge in [-0.3, -0.25) is 9.59 Å². The van der Waals surface area contributed by atoms with Crippen LogP contribution in [0.15, 0.2) is 77.7 Å². The van der Waals surface area contributed by atoms with E-state index in [1.165, 1.54) is 36.2 Å². The van der Waals surface area contributed by atoms with E-state index in [2.05, 4.69) is 5.32 Å². The lowest BCUT2D eigenvalue weighted by Crippen LogP contribution is -2.54. The second kappa shape index (κ2) is 14.3. The molecule has 2 amide bonds. The molecular formula is C29H32Cl3N3O4S. The molecule has 0 saturated carbocycles. The van der Waals surface area contributed by atoms with Crippen LogP contribution in [0.2, 0.25) is 15.1 Å². The topological polar surface area (TPSA) is 86.8 Å². The molecule has 0 saturated heterocycles. The summed E-state index contributed by atoms with van der Waals surface area (Å²) in [5.41, 5.74) is 1.49. The van der Waals surface area contributed by atoms with Crippen molar-refractivity contribution in [2.75, 3.05) is 13.6 Å². The Morgan fingerprint density at radius 1 is 0.900 bits per heavy atom. The van der Waals surface area contributed by atoms with Crippen LogP contribution >= 0.6 is 34.8 Å². The molecule has 40 heavy (non-hydrogen) atoms. The maximum Gasteiger partial charge on any atom is 0.243 e. The first-order valence-corrected chi connectivity index (χ1v) is 15.3. The van der Waals surface area contributed by atoms with Crippen LogP contribution in [-0.2, 0) is 32.6 Å². The van der Waals surface area contributed by atoms with Crippen LogP contribution in [0.25, 0.3) is 0 Å². The zero-order chi connectivity index (χ0) is 29.4. The van der Waals surface area contributed by atoms with Gasteiger partial charge in [0.15, 0.2) is 0 Å². The number of benzene rings is 3. The minimum Gasteiger partial charge on any atom is -0.352 e. The maximum absolute atomic E-state index is 13.9. The number of halogens is 3. The summed E-state index contributed by atoms with van der Waals surface area (Å²) in [5, 5.41) is 4.03. The highest BCUT2D eigenvalue weighted by Crippen LogP contribution is 2.25. The highest BCUT2D eigenvalue weighted by Gasteiger charge is 2.33. The number of amides is 2. The molecule has 0 radical (unpaired) electrons. The third kappa shape index (κ3) is 8.44. The first kappa shape index (κ1) is 31.9. The van der Waals surface area contributed by atoms with Crippen molar-refractivity contribution in [1.29, 1.82) is 0 Å². The van der Waals surface area contributed by atoms with Gasteiger partial charge in [0.2, 0.25) is 21.8 Å². The Bertz CT molecular complexity index is 1420. The molecule has 3 aromatic rings. The van der Waals surface area contributed by atoms with E-state index in [1.807, 2.05) is 44.2 Å². The lowest BCUT2D eigenvalue weighted by Gasteiger charge is -2.33. The van der Waals surface area contributed by atoms with Crippen molar-refractivity contribution in [3.8, 4) is 0 Å². The standard InChI is InChI=1S/C29H32Cl3N3O4S/c1-4-20(2)33-29(37)27(17-21-8-6-5-7-9-21)35(18-22-10-15-25(31)26(32)16-22)28(36)19-34(3)40(38,39)24-13-11-23(30)12-14-24/h5-16,20,27H,4,17-19H2,1-3H3,(H,33,37)/t20-,27-/m1/s1. The van der Waals surface area contributed by atoms with E-state index in [4.69, 9.17) is 34.8 Å². The van der Waals surface area contributed by atoms with E-state index >= 15 is 0 Å². The van der Waals surface area contributed by atoms with Gasteiger partial charge in [-0.1, -0.05) is 78.1 Å². The molecule has 0 fully saturated rings. The smallest absolute Gasteiger partial charge is 0.243 e. The second-order valence-electron chi connectivity index (χ2n) is 9.51. The third-order valence-electron chi connectivity index (χ3n) is 6.49. The van der Waals surface area contributed by atoms with Gasteiger partial charge in [0.05, 0.1) is 21.5 Å². The van der Waals surface area contributed by atoms with Crippen LogP contribution in [0.4, 0.5) is 0 Å². The van der Waals surface area contributed by atoms with Crippen LogP contribution in [0.3, 0.4) is 0 Å². The average Bonchev–Trinajstić information content (AvgIpc) is 2.93. The minimum atomic E-state index is -4.01. The molecule has 2 atom stereocenters. The number of rotatable bonds is 12. The average molecular weight is 625 g/mol. The van der Waals surface area contributed by atoms with E-state index in [9.17, 15) is 18.0 Å². The van der Waals surface area contributed by atoms with Crippen LogP contribution < -0.4 is 5.32 Å². The Morgan fingerprint density at radius 2 is 1.55 bits per heavy atom. The van der Waals surface area contributed by atoms with E-state index in [1.54, 1.807) is 18.2 Å². The lowest BCUT2D eigenvalue weighted by atomic mass is 10.0. The Morgan fingerprint density at radius 3 is 2.15 bits per heavy atom. The molecule has 0 spiro atoms. The van der Waals surface area contributed by atoms with Crippen LogP contribution in [0.5, 0.6) is 0 Å². The molecule has 7 nitrogen and oxygen atoms in total. The molecule has 3 aromatic carbocycles. The molecule has 3 rings (SSSR count). The van der Waals surface area contributed by atoms with Gasteiger partial charge in [0.25, 0.3) is 0 Å². The highest BCUT2D eigenvalue weighted by atomic mass is 35.5. The first-order chi connectivity index (χ1) is 18.9. The fourth-order valence-electron chi connectivity index (χ4n) is 3.98. The van der Waals surface area contributed by atoms with Crippen LogP contribution in [0.1, 0.15) is 31.4 Å². The van der Waals surface area contributed by atoms with Crippen molar-refractivity contribution in [1.82, 2.24) is 14.5 Å². The number of hydrogen-bond donors (Lipinski definition) is 1. The predicted molar refractivity (Wildman–Crippen MR) is 160 cm³/mol. The van der Waals surface area contributed by atoms with E-state index < -0.39 is 28.5 Å². The number of likely N-dealkylation sites (N-methyl/N-ethyl adjacent to an activating group) is 1. The summed E-state index contributed by atoms with van der Waals surface area (Å²) < 4.78 is 27.4. The van der Waals surface area contributed by atoms with Gasteiger partial charge in [0, 0.05) is 31.1 Å². The van der Waals surface area contributed by atoms with E-state index in [-0.39, 0.29) is 29.8 Å². The molecule has 0 bridgehead atoms. The minimum absolute atomic E-state index is 0.00131. The largest absolute Gasteiger partial charge is 0.352 e. The van der Waals surface area contributed by atoms with Crippen molar-refractivity contribution in [2.24, 2.45) is 0 Å². The van der Waals surface area contributed by atoms with Gasteiger partial charge in [-0.25, -0.2) is 8.42 Å². The molecular weight excluding hydrogens is 593 g/mol. The molecule has 0 aliphatic carbocycles. The monoisotopic (exact) mass is 623 g/mol. The number of sulfonamides is 1. The fourth-order valence-corrected chi connectivity index (χ4v) is 5.55. The van der Waals surface area contributed by atoms with Crippen molar-refractivity contribution in [3.63, 3.8) is 0 Å². The summed E-state index contributed by atoms with van der Waals surface area (Å²) in [6, 6.07) is 18.9. The fraction of sp³-hybridized carbons (Fsp3) is 0.310. The summed E-state index contributed by atoms with van der Waals surface area (Å²) in [6.45, 7) is 3.35. The normalized spacial score (nSPS) is 13.1. The second-order valence-corrected chi connectivity index (χ2v) is 12.8. The number of nitrogens with zero attached hydrogens (tertiary/aromatic N) is 2. The van der Waals surface area contributed by atoms with Gasteiger partial charge in [-0.2, -0.15) is 4.31 Å². The Balaban J connectivity index is 2.00. The van der Waals surface area contributed by atoms with Gasteiger partial charge >= 0.3 is 0 Å². The third-order valence-corrected chi connectivity index (χ3v) is 9.30. The van der Waals surface area contributed by atoms with Gasteiger partial charge < -0.3 is 10.2 Å². The van der Waals surface area contributed by atoms with Gasteiger partial charge in [-0.05, 0) is 60.9 Å². The number of carbonyl (C=O) groups is 2. The van der Waals surface area contributed by atoms with E-state index in [0.29, 0.717) is 27.1 Å². The maximum atomic E-state index is 13.9. The van der Waals surface area contributed by atoms with Crippen LogP contribution in [-0.4, -0.2) is 55.1 Å². The van der Waals surface area contributed by atoms with Crippen molar-refractivity contribution in [3.05, 3.63) is 99.0 Å². The molecule has 0 aromatic heterocycles. The molecule has 11 heteroatoms. The number of hydrogen-bond acceptors (Lipinski definition) is 4. The van der Waals surface area contributed by atoms with Crippen molar-refractivity contribution in [2.45, 2.75) is 50.2 Å². The summed E-state index contributed by atoms with van der Waals surface area (Å²) in [6.07, 6.45) is 0.927. The lowest BCUT2D eigenvalue weighted by molar-refractivity contribution is -0.141. The zero-order valence-corrected chi connectivity index (χ0v) is 25.6.